The van der Waals surface area contributed by atoms with Crippen molar-refractivity contribution in [2.24, 2.45) is 4.99 Å². The van der Waals surface area contributed by atoms with Crippen molar-refractivity contribution in [2.45, 2.75) is 32.4 Å². The van der Waals surface area contributed by atoms with E-state index < -0.39 is 0 Å². The number of hydrazine groups is 1. The number of hydrogen-bond acceptors (Lipinski definition) is 7. The van der Waals surface area contributed by atoms with Crippen LogP contribution in [-0.4, -0.2) is 37.5 Å². The number of para-hydroxylation sites is 1. The molecule has 0 bridgehead atoms. The SMILES string of the molecule is CC(C)(C)c1cn(N2C=NC3c4ccccc4N4CN(Cl)C=C4N32)nn1. The van der Waals surface area contributed by atoms with Crippen LogP contribution >= 0.6 is 11.8 Å². The number of aliphatic imine (C=N–C) groups is 1. The lowest BCUT2D eigenvalue weighted by Crippen LogP contribution is -2.51. The summed E-state index contributed by atoms with van der Waals surface area (Å²) in [6.07, 6.45) is 5.48. The summed E-state index contributed by atoms with van der Waals surface area (Å²) in [4.78, 5) is 8.61. The van der Waals surface area contributed by atoms with Crippen LogP contribution in [0.25, 0.3) is 0 Å². The minimum Gasteiger partial charge on any atom is -0.305 e. The minimum atomic E-state index is -0.154. The molecule has 26 heavy (non-hydrogen) atoms. The summed E-state index contributed by atoms with van der Waals surface area (Å²) in [6.45, 7) is 6.93. The molecular weight excluding hydrogens is 352 g/mol. The summed E-state index contributed by atoms with van der Waals surface area (Å²) in [5.74, 6) is 0.953. The Hall–Kier alpha value is -2.74. The number of anilines is 1. The topological polar surface area (TPSA) is 56.0 Å². The van der Waals surface area contributed by atoms with Crippen LogP contribution in [0.3, 0.4) is 0 Å². The molecule has 5 rings (SSSR count). The smallest absolute Gasteiger partial charge is 0.173 e. The Bertz CT molecular complexity index is 927. The van der Waals surface area contributed by atoms with Gasteiger partial charge in [-0.15, -0.1) is 9.89 Å². The summed E-state index contributed by atoms with van der Waals surface area (Å²) in [7, 11) is 0. The van der Waals surface area contributed by atoms with Gasteiger partial charge in [-0.25, -0.2) is 10.0 Å². The molecule has 2 aromatic rings. The van der Waals surface area contributed by atoms with Gasteiger partial charge in [0.2, 0.25) is 0 Å². The molecule has 1 atom stereocenters. The fourth-order valence-electron chi connectivity index (χ4n) is 3.42. The zero-order valence-corrected chi connectivity index (χ0v) is 15.5. The molecule has 9 heteroatoms. The van der Waals surface area contributed by atoms with E-state index in [1.165, 1.54) is 0 Å². The van der Waals surface area contributed by atoms with Crippen molar-refractivity contribution in [2.75, 3.05) is 16.7 Å². The Morgan fingerprint density at radius 2 is 2.00 bits per heavy atom. The lowest BCUT2D eigenvalue weighted by atomic mass is 9.93. The Labute approximate surface area is 156 Å². The van der Waals surface area contributed by atoms with Crippen LogP contribution in [0.2, 0.25) is 0 Å². The first kappa shape index (κ1) is 15.5. The van der Waals surface area contributed by atoms with Crippen molar-refractivity contribution in [3.8, 4) is 0 Å². The Kier molecular flexibility index (Phi) is 3.06. The van der Waals surface area contributed by atoms with E-state index in [2.05, 4.69) is 53.1 Å². The highest BCUT2D eigenvalue weighted by molar-refractivity contribution is 6.14. The van der Waals surface area contributed by atoms with Crippen LogP contribution in [0.5, 0.6) is 0 Å². The van der Waals surface area contributed by atoms with Gasteiger partial charge < -0.3 is 4.90 Å². The second-order valence-electron chi connectivity index (χ2n) is 7.59. The number of nitrogens with zero attached hydrogens (tertiary/aromatic N) is 8. The van der Waals surface area contributed by atoms with E-state index in [1.807, 2.05) is 29.6 Å². The van der Waals surface area contributed by atoms with Crippen LogP contribution in [0, 0.1) is 0 Å². The molecule has 3 aliphatic heterocycles. The fraction of sp³-hybridized carbons (Fsp3) is 0.353. The number of benzene rings is 1. The lowest BCUT2D eigenvalue weighted by molar-refractivity contribution is 0.226. The van der Waals surface area contributed by atoms with Gasteiger partial charge >= 0.3 is 0 Å². The molecule has 0 aliphatic carbocycles. The van der Waals surface area contributed by atoms with E-state index in [4.69, 9.17) is 16.8 Å². The third-order valence-corrected chi connectivity index (χ3v) is 4.98. The standard InChI is InChI=1S/C17H19ClN8/c1-17(2,3)14-8-24(21-20-14)25-10-19-16-12-6-4-5-7-13(12)23-11-22(18)9-15(23)26(16)25/h4-10,16H,11H2,1-3H3. The molecule has 0 saturated carbocycles. The second-order valence-corrected chi connectivity index (χ2v) is 8.03. The molecule has 0 fully saturated rings. The second kappa shape index (κ2) is 5.14. The molecule has 3 aliphatic rings. The first-order valence-electron chi connectivity index (χ1n) is 8.49. The minimum absolute atomic E-state index is 0.0748. The van der Waals surface area contributed by atoms with Crippen LogP contribution in [-0.2, 0) is 5.41 Å². The number of aromatic nitrogens is 3. The maximum absolute atomic E-state index is 6.30. The average molecular weight is 371 g/mol. The van der Waals surface area contributed by atoms with Crippen molar-refractivity contribution < 1.29 is 0 Å². The van der Waals surface area contributed by atoms with Crippen LogP contribution < -0.4 is 10.0 Å². The van der Waals surface area contributed by atoms with Crippen molar-refractivity contribution in [3.63, 3.8) is 0 Å². The van der Waals surface area contributed by atoms with Gasteiger partial charge in [-0.2, -0.15) is 5.12 Å². The van der Waals surface area contributed by atoms with E-state index in [-0.39, 0.29) is 11.6 Å². The maximum atomic E-state index is 6.30. The van der Waals surface area contributed by atoms with Gasteiger partial charge in [0, 0.05) is 22.8 Å². The third kappa shape index (κ3) is 2.11. The predicted molar refractivity (Wildman–Crippen MR) is 99.6 cm³/mol. The van der Waals surface area contributed by atoms with Gasteiger partial charge in [-0.3, -0.25) is 4.42 Å². The van der Waals surface area contributed by atoms with Crippen LogP contribution in [0.4, 0.5) is 5.69 Å². The van der Waals surface area contributed by atoms with E-state index >= 15 is 0 Å². The van der Waals surface area contributed by atoms with Crippen LogP contribution in [0.15, 0.2) is 47.5 Å². The summed E-state index contributed by atoms with van der Waals surface area (Å²) in [5.41, 5.74) is 3.10. The van der Waals surface area contributed by atoms with Gasteiger partial charge in [0.05, 0.1) is 23.8 Å². The first-order valence-corrected chi connectivity index (χ1v) is 8.83. The van der Waals surface area contributed by atoms with Crippen molar-refractivity contribution in [1.29, 1.82) is 0 Å². The molecule has 0 saturated heterocycles. The van der Waals surface area contributed by atoms with Gasteiger partial charge in [-0.1, -0.05) is 39.0 Å². The quantitative estimate of drug-likeness (QED) is 0.719. The van der Waals surface area contributed by atoms with E-state index in [1.54, 1.807) is 15.5 Å². The van der Waals surface area contributed by atoms with Crippen molar-refractivity contribution >= 4 is 23.8 Å². The fourth-order valence-corrected chi connectivity index (χ4v) is 3.62. The van der Waals surface area contributed by atoms with E-state index in [9.17, 15) is 0 Å². The summed E-state index contributed by atoms with van der Waals surface area (Å²) < 4.78 is 1.65. The average Bonchev–Trinajstić information content (AvgIpc) is 3.30. The molecule has 8 nitrogen and oxygen atoms in total. The Morgan fingerprint density at radius 3 is 2.77 bits per heavy atom. The number of hydrogen-bond donors (Lipinski definition) is 0. The van der Waals surface area contributed by atoms with E-state index in [0.29, 0.717) is 6.67 Å². The van der Waals surface area contributed by atoms with Crippen molar-refractivity contribution in [1.82, 2.24) is 24.5 Å². The molecule has 0 amide bonds. The van der Waals surface area contributed by atoms with Gasteiger partial charge in [0.25, 0.3) is 0 Å². The monoisotopic (exact) mass is 370 g/mol. The highest BCUT2D eigenvalue weighted by atomic mass is 35.5. The summed E-state index contributed by atoms with van der Waals surface area (Å²) in [5, 5.41) is 12.6. The zero-order chi connectivity index (χ0) is 18.1. The number of rotatable bonds is 1. The highest BCUT2D eigenvalue weighted by Gasteiger charge is 2.44. The Balaban J connectivity index is 1.59. The Morgan fingerprint density at radius 1 is 1.19 bits per heavy atom. The van der Waals surface area contributed by atoms with Gasteiger partial charge in [0.15, 0.2) is 12.0 Å². The molecule has 4 heterocycles. The molecular formula is C17H19ClN8. The predicted octanol–water partition coefficient (Wildman–Crippen LogP) is 2.52. The molecule has 0 spiro atoms. The van der Waals surface area contributed by atoms with Gasteiger partial charge in [-0.05, 0) is 11.3 Å². The maximum Gasteiger partial charge on any atom is 0.173 e. The summed E-state index contributed by atoms with van der Waals surface area (Å²) in [6, 6.07) is 8.27. The van der Waals surface area contributed by atoms with Crippen molar-refractivity contribution in [3.05, 3.63) is 53.7 Å². The summed E-state index contributed by atoms with van der Waals surface area (Å²) >= 11 is 6.30. The number of halogens is 1. The molecule has 1 aromatic heterocycles. The molecule has 1 aromatic carbocycles. The first-order chi connectivity index (χ1) is 12.4. The molecule has 0 radical (unpaired) electrons. The largest absolute Gasteiger partial charge is 0.305 e. The molecule has 1 unspecified atom stereocenters. The molecule has 0 N–H and O–H groups in total. The van der Waals surface area contributed by atoms with Gasteiger partial charge in [0.1, 0.15) is 13.0 Å². The van der Waals surface area contributed by atoms with Crippen LogP contribution in [0.1, 0.15) is 38.2 Å². The lowest BCUT2D eigenvalue weighted by Gasteiger charge is -2.41. The normalized spacial score (nSPS) is 21.1. The highest BCUT2D eigenvalue weighted by Crippen LogP contribution is 2.45. The third-order valence-electron chi connectivity index (χ3n) is 4.77. The molecule has 134 valence electrons. The zero-order valence-electron chi connectivity index (χ0n) is 14.8. The number of fused-ring (bicyclic) bond motifs is 6. The van der Waals surface area contributed by atoms with E-state index in [0.717, 1.165) is 22.8 Å².